The van der Waals surface area contributed by atoms with Crippen LogP contribution in [-0.2, 0) is 6.54 Å². The number of anilines is 1. The van der Waals surface area contributed by atoms with E-state index in [4.69, 9.17) is 10.2 Å². The van der Waals surface area contributed by atoms with Crippen molar-refractivity contribution in [3.05, 3.63) is 89.9 Å². The van der Waals surface area contributed by atoms with Gasteiger partial charge < -0.3 is 10.2 Å². The smallest absolute Gasteiger partial charge is 0.125 e. The Hall–Kier alpha value is -2.52. The molecule has 1 heterocycles. The minimum absolute atomic E-state index is 0.0146. The van der Waals surface area contributed by atoms with Gasteiger partial charge in [-0.25, -0.2) is 0 Å². The van der Waals surface area contributed by atoms with E-state index in [9.17, 15) is 0 Å². The highest BCUT2D eigenvalue weighted by Gasteiger charge is 2.16. The van der Waals surface area contributed by atoms with Crippen molar-refractivity contribution in [1.82, 2.24) is 5.32 Å². The van der Waals surface area contributed by atoms with Crippen LogP contribution in [0.4, 0.5) is 5.69 Å². The molecule has 1 aromatic heterocycles. The van der Waals surface area contributed by atoms with E-state index >= 15 is 0 Å². The van der Waals surface area contributed by atoms with Crippen LogP contribution in [0, 0.1) is 0 Å². The highest BCUT2D eigenvalue weighted by Crippen LogP contribution is 2.23. The van der Waals surface area contributed by atoms with Crippen LogP contribution in [0.2, 0.25) is 0 Å². The van der Waals surface area contributed by atoms with Gasteiger partial charge in [-0.15, -0.1) is 0 Å². The number of hydrogen-bond donors (Lipinski definition) is 2. The van der Waals surface area contributed by atoms with E-state index in [1.54, 1.807) is 6.26 Å². The molecule has 3 aromatic rings. The molecule has 0 fully saturated rings. The number of furan rings is 1. The fraction of sp³-hybridized carbons (Fsp3) is 0.111. The van der Waals surface area contributed by atoms with Gasteiger partial charge in [0, 0.05) is 12.2 Å². The molecule has 1 atom stereocenters. The lowest BCUT2D eigenvalue weighted by atomic mass is 10.0. The van der Waals surface area contributed by atoms with Crippen molar-refractivity contribution < 1.29 is 4.42 Å². The Labute approximate surface area is 124 Å². The molecule has 0 saturated carbocycles. The Bertz CT molecular complexity index is 677. The van der Waals surface area contributed by atoms with Crippen molar-refractivity contribution in [3.8, 4) is 0 Å². The third kappa shape index (κ3) is 3.15. The summed E-state index contributed by atoms with van der Waals surface area (Å²) in [6.45, 7) is 0.687. The zero-order valence-corrected chi connectivity index (χ0v) is 11.7. The SMILES string of the molecule is Nc1ccccc1CNC(c1ccccc1)c1ccco1. The molecule has 0 amide bonds. The average molecular weight is 278 g/mol. The molecule has 0 radical (unpaired) electrons. The van der Waals surface area contributed by atoms with Gasteiger partial charge in [0.1, 0.15) is 5.76 Å². The van der Waals surface area contributed by atoms with Crippen molar-refractivity contribution in [2.75, 3.05) is 5.73 Å². The van der Waals surface area contributed by atoms with Crippen LogP contribution in [0.15, 0.2) is 77.4 Å². The van der Waals surface area contributed by atoms with Crippen molar-refractivity contribution in [1.29, 1.82) is 0 Å². The maximum Gasteiger partial charge on any atom is 0.125 e. The van der Waals surface area contributed by atoms with Crippen molar-refractivity contribution in [3.63, 3.8) is 0 Å². The molecule has 3 heteroatoms. The summed E-state index contributed by atoms with van der Waals surface area (Å²) in [5.41, 5.74) is 9.06. The van der Waals surface area contributed by atoms with Gasteiger partial charge in [0.15, 0.2) is 0 Å². The van der Waals surface area contributed by atoms with E-state index < -0.39 is 0 Å². The van der Waals surface area contributed by atoms with Gasteiger partial charge >= 0.3 is 0 Å². The quantitative estimate of drug-likeness (QED) is 0.699. The Morgan fingerprint density at radius 3 is 2.38 bits per heavy atom. The molecular formula is C18H18N2O. The lowest BCUT2D eigenvalue weighted by Gasteiger charge is -2.18. The summed E-state index contributed by atoms with van der Waals surface area (Å²) in [7, 11) is 0. The minimum atomic E-state index is 0.0146. The summed E-state index contributed by atoms with van der Waals surface area (Å²) in [6.07, 6.45) is 1.70. The van der Waals surface area contributed by atoms with E-state index in [-0.39, 0.29) is 6.04 Å². The van der Waals surface area contributed by atoms with E-state index in [0.29, 0.717) is 6.54 Å². The second-order valence-corrected chi connectivity index (χ2v) is 4.94. The molecule has 3 N–H and O–H groups in total. The highest BCUT2D eigenvalue weighted by molar-refractivity contribution is 5.46. The molecule has 1 unspecified atom stereocenters. The molecule has 21 heavy (non-hydrogen) atoms. The van der Waals surface area contributed by atoms with Gasteiger partial charge in [0.05, 0.1) is 12.3 Å². The summed E-state index contributed by atoms with van der Waals surface area (Å²) < 4.78 is 5.57. The first-order chi connectivity index (χ1) is 10.3. The lowest BCUT2D eigenvalue weighted by Crippen LogP contribution is -2.22. The van der Waals surface area contributed by atoms with Gasteiger partial charge in [-0.05, 0) is 29.3 Å². The molecule has 0 saturated heterocycles. The monoisotopic (exact) mass is 278 g/mol. The van der Waals surface area contributed by atoms with Crippen LogP contribution in [0.25, 0.3) is 0 Å². The van der Waals surface area contributed by atoms with Crippen LogP contribution in [0.5, 0.6) is 0 Å². The number of para-hydroxylation sites is 1. The third-order valence-corrected chi connectivity index (χ3v) is 3.51. The average Bonchev–Trinajstić information content (AvgIpc) is 3.04. The largest absolute Gasteiger partial charge is 0.467 e. The molecule has 0 aliphatic heterocycles. The van der Waals surface area contributed by atoms with Crippen LogP contribution >= 0.6 is 0 Å². The number of nitrogens with two attached hydrogens (primary N) is 1. The number of nitrogen functional groups attached to an aromatic ring is 1. The van der Waals surface area contributed by atoms with Crippen LogP contribution < -0.4 is 11.1 Å². The summed E-state index contributed by atoms with van der Waals surface area (Å²) in [5.74, 6) is 0.899. The van der Waals surface area contributed by atoms with E-state index in [2.05, 4.69) is 17.4 Å². The zero-order valence-electron chi connectivity index (χ0n) is 11.7. The van der Waals surface area contributed by atoms with Crippen molar-refractivity contribution in [2.45, 2.75) is 12.6 Å². The molecule has 106 valence electrons. The fourth-order valence-corrected chi connectivity index (χ4v) is 2.39. The Kier molecular flexibility index (Phi) is 4.03. The molecular weight excluding hydrogens is 260 g/mol. The number of hydrogen-bond acceptors (Lipinski definition) is 3. The minimum Gasteiger partial charge on any atom is -0.467 e. The van der Waals surface area contributed by atoms with E-state index in [1.165, 1.54) is 5.56 Å². The number of benzene rings is 2. The maximum atomic E-state index is 6.00. The van der Waals surface area contributed by atoms with Crippen LogP contribution in [0.3, 0.4) is 0 Å². The molecule has 0 aliphatic carbocycles. The van der Waals surface area contributed by atoms with Gasteiger partial charge in [0.25, 0.3) is 0 Å². The molecule has 0 aliphatic rings. The summed E-state index contributed by atoms with van der Waals surface area (Å²) >= 11 is 0. The first-order valence-electron chi connectivity index (χ1n) is 7.00. The Morgan fingerprint density at radius 2 is 1.67 bits per heavy atom. The second kappa shape index (κ2) is 6.29. The number of nitrogens with one attached hydrogen (secondary N) is 1. The molecule has 2 aromatic carbocycles. The van der Waals surface area contributed by atoms with E-state index in [0.717, 1.165) is 17.0 Å². The standard InChI is InChI=1S/C18H18N2O/c19-16-10-5-4-9-15(16)13-20-18(17-11-6-12-21-17)14-7-2-1-3-8-14/h1-12,18,20H,13,19H2. The zero-order chi connectivity index (χ0) is 14.5. The van der Waals surface area contributed by atoms with Gasteiger partial charge in [-0.3, -0.25) is 5.32 Å². The molecule has 3 rings (SSSR count). The topological polar surface area (TPSA) is 51.2 Å². The van der Waals surface area contributed by atoms with Gasteiger partial charge in [-0.1, -0.05) is 48.5 Å². The van der Waals surface area contributed by atoms with E-state index in [1.807, 2.05) is 54.6 Å². The van der Waals surface area contributed by atoms with Crippen molar-refractivity contribution in [2.24, 2.45) is 0 Å². The molecule has 3 nitrogen and oxygen atoms in total. The Morgan fingerprint density at radius 1 is 0.905 bits per heavy atom. The second-order valence-electron chi connectivity index (χ2n) is 4.94. The summed E-state index contributed by atoms with van der Waals surface area (Å²) in [4.78, 5) is 0. The predicted octanol–water partition coefficient (Wildman–Crippen LogP) is 3.74. The van der Waals surface area contributed by atoms with Gasteiger partial charge in [0.2, 0.25) is 0 Å². The summed E-state index contributed by atoms with van der Waals surface area (Å²) in [6, 6.07) is 22.1. The lowest BCUT2D eigenvalue weighted by molar-refractivity contribution is 0.446. The summed E-state index contributed by atoms with van der Waals surface area (Å²) in [5, 5.41) is 3.52. The maximum absolute atomic E-state index is 6.00. The Balaban J connectivity index is 1.82. The van der Waals surface area contributed by atoms with Crippen LogP contribution in [0.1, 0.15) is 22.9 Å². The highest BCUT2D eigenvalue weighted by atomic mass is 16.3. The van der Waals surface area contributed by atoms with Crippen molar-refractivity contribution >= 4 is 5.69 Å². The third-order valence-electron chi connectivity index (χ3n) is 3.51. The fourth-order valence-electron chi connectivity index (χ4n) is 2.39. The molecule has 0 spiro atoms. The van der Waals surface area contributed by atoms with Crippen LogP contribution in [-0.4, -0.2) is 0 Å². The first-order valence-corrected chi connectivity index (χ1v) is 7.00. The normalized spacial score (nSPS) is 12.2. The predicted molar refractivity (Wildman–Crippen MR) is 84.7 cm³/mol. The van der Waals surface area contributed by atoms with Gasteiger partial charge in [-0.2, -0.15) is 0 Å². The first kappa shape index (κ1) is 13.5. The molecule has 0 bridgehead atoms. The number of rotatable bonds is 5.